The molecule has 0 saturated carbocycles. The molecule has 2 aliphatic heterocycles. The number of thiazole rings is 1. The molecule has 6 heteroatoms. The highest BCUT2D eigenvalue weighted by Gasteiger charge is 2.19. The van der Waals surface area contributed by atoms with Crippen molar-refractivity contribution in [3.63, 3.8) is 0 Å². The van der Waals surface area contributed by atoms with Crippen LogP contribution in [-0.4, -0.2) is 48.6 Å². The van der Waals surface area contributed by atoms with Crippen LogP contribution in [0.5, 0.6) is 0 Å². The van der Waals surface area contributed by atoms with Crippen LogP contribution in [0, 0.1) is 0 Å². The van der Waals surface area contributed by atoms with Crippen molar-refractivity contribution < 1.29 is 0 Å². The van der Waals surface area contributed by atoms with Gasteiger partial charge in [-0.05, 0) is 37.3 Å². The van der Waals surface area contributed by atoms with Crippen molar-refractivity contribution >= 4 is 22.4 Å². The van der Waals surface area contributed by atoms with Crippen LogP contribution in [0.4, 0.5) is 5.13 Å². The van der Waals surface area contributed by atoms with E-state index in [1.54, 1.807) is 11.3 Å². The average Bonchev–Trinajstić information content (AvgIpc) is 3.39. The third-order valence-corrected chi connectivity index (χ3v) is 6.26. The molecule has 0 radical (unpaired) electrons. The maximum absolute atomic E-state index is 4.89. The predicted molar refractivity (Wildman–Crippen MR) is 114 cm³/mol. The minimum absolute atomic E-state index is 0.781. The van der Waals surface area contributed by atoms with Gasteiger partial charge in [-0.3, -0.25) is 4.99 Å². The number of hydrogen-bond donors (Lipinski definition) is 1. The molecule has 0 atom stereocenters. The summed E-state index contributed by atoms with van der Waals surface area (Å²) in [5, 5.41) is 6.86. The number of benzene rings is 1. The molecule has 1 fully saturated rings. The van der Waals surface area contributed by atoms with Crippen molar-refractivity contribution in [2.75, 3.05) is 37.6 Å². The number of aliphatic imine (C=N–C) groups is 1. The van der Waals surface area contributed by atoms with Crippen molar-refractivity contribution in [3.8, 4) is 0 Å². The molecule has 0 bridgehead atoms. The molecule has 27 heavy (non-hydrogen) atoms. The summed E-state index contributed by atoms with van der Waals surface area (Å²) in [6.07, 6.45) is 4.59. The van der Waals surface area contributed by atoms with Crippen LogP contribution in [0.1, 0.15) is 36.6 Å². The third kappa shape index (κ3) is 4.43. The molecular formula is C21H29N5S. The molecule has 0 unspecified atom stereocenters. The Morgan fingerprint density at radius 1 is 1.19 bits per heavy atom. The predicted octanol–water partition coefficient (Wildman–Crippen LogP) is 3.31. The first-order valence-corrected chi connectivity index (χ1v) is 11.0. The number of nitrogens with zero attached hydrogens (tertiary/aromatic N) is 4. The highest BCUT2D eigenvalue weighted by molar-refractivity contribution is 7.13. The molecule has 5 nitrogen and oxygen atoms in total. The van der Waals surface area contributed by atoms with Crippen LogP contribution in [0.3, 0.4) is 0 Å². The SMILES string of the molecule is CCNC(=NCCc1csc(N2CCCC2)n1)N1CCc2ccccc2C1. The number of fused-ring (bicyclic) bond motifs is 1. The standard InChI is InChI=1S/C21H29N5S/c1-2-22-20(26-14-10-17-7-3-4-8-18(17)15-26)23-11-9-19-16-27-21(24-19)25-12-5-6-13-25/h3-4,7-8,16H,2,5-6,9-15H2,1H3,(H,22,23). The number of aromatic nitrogens is 1. The Labute approximate surface area is 166 Å². The molecular weight excluding hydrogens is 354 g/mol. The second kappa shape index (κ2) is 8.74. The quantitative estimate of drug-likeness (QED) is 0.635. The monoisotopic (exact) mass is 383 g/mol. The van der Waals surface area contributed by atoms with Gasteiger partial charge >= 0.3 is 0 Å². The van der Waals surface area contributed by atoms with Gasteiger partial charge in [0, 0.05) is 51.1 Å². The Kier molecular flexibility index (Phi) is 5.92. The molecule has 3 heterocycles. The highest BCUT2D eigenvalue weighted by Crippen LogP contribution is 2.24. The van der Waals surface area contributed by atoms with Crippen LogP contribution in [0.25, 0.3) is 0 Å². The maximum atomic E-state index is 4.89. The molecule has 1 aromatic carbocycles. The van der Waals surface area contributed by atoms with Gasteiger partial charge in [-0.2, -0.15) is 0 Å². The second-order valence-corrected chi connectivity index (χ2v) is 8.08. The van der Waals surface area contributed by atoms with Crippen LogP contribution >= 0.6 is 11.3 Å². The van der Waals surface area contributed by atoms with Gasteiger partial charge in [0.25, 0.3) is 0 Å². The van der Waals surface area contributed by atoms with E-state index in [1.165, 1.54) is 34.8 Å². The number of rotatable bonds is 5. The van der Waals surface area contributed by atoms with Crippen molar-refractivity contribution in [2.24, 2.45) is 4.99 Å². The van der Waals surface area contributed by atoms with E-state index < -0.39 is 0 Å². The van der Waals surface area contributed by atoms with Crippen molar-refractivity contribution in [3.05, 3.63) is 46.5 Å². The fourth-order valence-corrected chi connectivity index (χ4v) is 4.76. The zero-order chi connectivity index (χ0) is 18.5. The smallest absolute Gasteiger partial charge is 0.194 e. The first-order chi connectivity index (χ1) is 13.3. The third-order valence-electron chi connectivity index (χ3n) is 5.31. The van der Waals surface area contributed by atoms with Crippen molar-refractivity contribution in [1.29, 1.82) is 0 Å². The van der Waals surface area contributed by atoms with Gasteiger partial charge in [-0.1, -0.05) is 24.3 Å². The van der Waals surface area contributed by atoms with Crippen LogP contribution in [0.2, 0.25) is 0 Å². The highest BCUT2D eigenvalue weighted by atomic mass is 32.1. The molecule has 2 aromatic rings. The summed E-state index contributed by atoms with van der Waals surface area (Å²) in [7, 11) is 0. The Hall–Kier alpha value is -2.08. The lowest BCUT2D eigenvalue weighted by Crippen LogP contribution is -2.44. The van der Waals surface area contributed by atoms with Gasteiger partial charge in [0.15, 0.2) is 11.1 Å². The Morgan fingerprint density at radius 2 is 2.00 bits per heavy atom. The zero-order valence-electron chi connectivity index (χ0n) is 16.2. The van der Waals surface area contributed by atoms with Gasteiger partial charge < -0.3 is 15.1 Å². The lowest BCUT2D eigenvalue weighted by molar-refractivity contribution is 0.379. The lowest BCUT2D eigenvalue weighted by Gasteiger charge is -2.31. The fourth-order valence-electron chi connectivity index (χ4n) is 3.84. The average molecular weight is 384 g/mol. The summed E-state index contributed by atoms with van der Waals surface area (Å²) < 4.78 is 0. The topological polar surface area (TPSA) is 43.8 Å². The largest absolute Gasteiger partial charge is 0.357 e. The normalized spacial score (nSPS) is 17.3. The summed E-state index contributed by atoms with van der Waals surface area (Å²) in [5.41, 5.74) is 4.07. The van der Waals surface area contributed by atoms with Crippen LogP contribution in [-0.2, 0) is 19.4 Å². The molecule has 1 saturated heterocycles. The van der Waals surface area contributed by atoms with E-state index in [0.717, 1.165) is 58.1 Å². The van der Waals surface area contributed by atoms with Gasteiger partial charge in [0.2, 0.25) is 0 Å². The summed E-state index contributed by atoms with van der Waals surface area (Å²) >= 11 is 1.78. The summed E-state index contributed by atoms with van der Waals surface area (Å²) in [5.74, 6) is 1.03. The first kappa shape index (κ1) is 18.3. The zero-order valence-corrected chi connectivity index (χ0v) is 17.0. The summed E-state index contributed by atoms with van der Waals surface area (Å²) in [6.45, 7) is 8.10. The molecule has 144 valence electrons. The van der Waals surface area contributed by atoms with Crippen molar-refractivity contribution in [2.45, 2.75) is 39.2 Å². The number of anilines is 1. The first-order valence-electron chi connectivity index (χ1n) is 10.1. The Balaban J connectivity index is 1.37. The van der Waals surface area contributed by atoms with Crippen LogP contribution < -0.4 is 10.2 Å². The minimum Gasteiger partial charge on any atom is -0.357 e. The molecule has 1 N–H and O–H groups in total. The van der Waals surface area contributed by atoms with E-state index >= 15 is 0 Å². The minimum atomic E-state index is 0.781. The Bertz CT molecular complexity index is 778. The van der Waals surface area contributed by atoms with E-state index in [-0.39, 0.29) is 0 Å². The second-order valence-electron chi connectivity index (χ2n) is 7.24. The van der Waals surface area contributed by atoms with E-state index in [9.17, 15) is 0 Å². The lowest BCUT2D eigenvalue weighted by atomic mass is 10.0. The van der Waals surface area contributed by atoms with E-state index in [0.29, 0.717) is 0 Å². The molecule has 1 aromatic heterocycles. The molecule has 2 aliphatic rings. The Morgan fingerprint density at radius 3 is 2.81 bits per heavy atom. The summed E-state index contributed by atoms with van der Waals surface area (Å²) in [6, 6.07) is 8.75. The van der Waals surface area contributed by atoms with Gasteiger partial charge in [0.1, 0.15) is 0 Å². The van der Waals surface area contributed by atoms with E-state index in [1.807, 2.05) is 0 Å². The summed E-state index contributed by atoms with van der Waals surface area (Å²) in [4.78, 5) is 14.5. The van der Waals surface area contributed by atoms with E-state index in [2.05, 4.69) is 51.7 Å². The van der Waals surface area contributed by atoms with Crippen LogP contribution in [0.15, 0.2) is 34.6 Å². The van der Waals surface area contributed by atoms with E-state index in [4.69, 9.17) is 9.98 Å². The molecule has 0 aliphatic carbocycles. The fraction of sp³-hybridized carbons (Fsp3) is 0.524. The molecule has 0 amide bonds. The maximum Gasteiger partial charge on any atom is 0.194 e. The number of guanidine groups is 1. The molecule has 0 spiro atoms. The number of nitrogens with one attached hydrogen (secondary N) is 1. The van der Waals surface area contributed by atoms with Gasteiger partial charge in [-0.15, -0.1) is 11.3 Å². The van der Waals surface area contributed by atoms with Gasteiger partial charge in [-0.25, -0.2) is 4.98 Å². The van der Waals surface area contributed by atoms with Gasteiger partial charge in [0.05, 0.1) is 5.69 Å². The van der Waals surface area contributed by atoms with Crippen molar-refractivity contribution in [1.82, 2.24) is 15.2 Å². The molecule has 4 rings (SSSR count). The number of hydrogen-bond acceptors (Lipinski definition) is 4.